The van der Waals surface area contributed by atoms with Crippen LogP contribution in [0.4, 0.5) is 17.2 Å². The third kappa shape index (κ3) is 4.24. The van der Waals surface area contributed by atoms with E-state index in [1.165, 1.54) is 48.2 Å². The first kappa shape index (κ1) is 20.6. The number of nitrogens with one attached hydrogen (secondary N) is 3. The van der Waals surface area contributed by atoms with Gasteiger partial charge in [0.2, 0.25) is 5.91 Å². The minimum atomic E-state index is -0.115. The van der Waals surface area contributed by atoms with Gasteiger partial charge in [-0.05, 0) is 37.6 Å². The van der Waals surface area contributed by atoms with Crippen molar-refractivity contribution in [1.82, 2.24) is 9.97 Å². The number of quaternary nitrogens is 1. The van der Waals surface area contributed by atoms with Gasteiger partial charge in [0, 0.05) is 30.3 Å². The number of hydrogen-bond donors (Lipinski definition) is 3. The first-order valence-corrected chi connectivity index (χ1v) is 11.1. The third-order valence-corrected chi connectivity index (χ3v) is 6.67. The molecule has 158 valence electrons. The Labute approximate surface area is 180 Å². The second kappa shape index (κ2) is 8.57. The monoisotopic (exact) mass is 426 g/mol. The van der Waals surface area contributed by atoms with E-state index in [-0.39, 0.29) is 5.91 Å². The largest absolute Gasteiger partial charge is 0.495 e. The molecule has 7 nitrogen and oxygen atoms in total. The van der Waals surface area contributed by atoms with Gasteiger partial charge in [0.25, 0.3) is 0 Å². The van der Waals surface area contributed by atoms with Crippen molar-refractivity contribution in [3.63, 3.8) is 0 Å². The third-order valence-electron chi connectivity index (χ3n) is 5.57. The number of rotatable bonds is 6. The summed E-state index contributed by atoms with van der Waals surface area (Å²) in [5, 5.41) is 7.34. The smallest absolute Gasteiger partial charge is 0.221 e. The average Bonchev–Trinajstić information content (AvgIpc) is 3.30. The predicted molar refractivity (Wildman–Crippen MR) is 121 cm³/mol. The molecule has 0 unspecified atom stereocenters. The highest BCUT2D eigenvalue weighted by Crippen LogP contribution is 2.37. The molecule has 1 fully saturated rings. The maximum absolute atomic E-state index is 11.5. The maximum atomic E-state index is 11.5. The first-order chi connectivity index (χ1) is 14.4. The molecular formula is C22H28N5O2S+. The van der Waals surface area contributed by atoms with Crippen LogP contribution < -0.4 is 20.3 Å². The molecule has 0 atom stereocenters. The van der Waals surface area contributed by atoms with Crippen molar-refractivity contribution in [2.75, 3.05) is 30.8 Å². The number of hydrogen-bond acceptors (Lipinski definition) is 6. The van der Waals surface area contributed by atoms with Crippen molar-refractivity contribution < 1.29 is 14.4 Å². The molecule has 0 aliphatic carbocycles. The molecule has 3 N–H and O–H groups in total. The highest BCUT2D eigenvalue weighted by atomic mass is 32.1. The SMILES string of the molecule is COc1ccc(NC(C)=O)cc1Nc1nc(C[NH+]2CCCC2)nc2sc(C)c(C)c12. The van der Waals surface area contributed by atoms with E-state index in [2.05, 4.69) is 24.5 Å². The standard InChI is InChI=1S/C22H27N5O2S/c1-13-14(2)30-22-20(13)21(25-19(26-22)12-27-9-5-6-10-27)24-17-11-16(23-15(3)28)7-8-18(17)29-4/h7-8,11H,5-6,9-10,12H2,1-4H3,(H,23,28)(H,24,25,26)/p+1. The van der Waals surface area contributed by atoms with E-state index < -0.39 is 0 Å². The van der Waals surface area contributed by atoms with Gasteiger partial charge < -0.3 is 20.3 Å². The molecule has 0 bridgehead atoms. The molecule has 1 amide bonds. The number of aromatic nitrogens is 2. The lowest BCUT2D eigenvalue weighted by Crippen LogP contribution is -3.08. The van der Waals surface area contributed by atoms with E-state index in [1.807, 2.05) is 18.2 Å². The van der Waals surface area contributed by atoms with Crippen LogP contribution in [0.15, 0.2) is 18.2 Å². The van der Waals surface area contributed by atoms with Crippen LogP contribution in [0, 0.1) is 13.8 Å². The highest BCUT2D eigenvalue weighted by Gasteiger charge is 2.21. The van der Waals surface area contributed by atoms with Crippen LogP contribution in [0.1, 0.15) is 36.0 Å². The van der Waals surface area contributed by atoms with Crippen LogP contribution in [0.3, 0.4) is 0 Å². The Morgan fingerprint density at radius 1 is 1.23 bits per heavy atom. The summed E-state index contributed by atoms with van der Waals surface area (Å²) in [6.45, 7) is 8.92. The van der Waals surface area contributed by atoms with E-state index in [0.717, 1.165) is 34.1 Å². The Bertz CT molecular complexity index is 1090. The van der Waals surface area contributed by atoms with E-state index in [0.29, 0.717) is 11.4 Å². The fraction of sp³-hybridized carbons (Fsp3) is 0.409. The maximum Gasteiger partial charge on any atom is 0.221 e. The zero-order valence-corrected chi connectivity index (χ0v) is 18.7. The number of nitrogens with zero attached hydrogens (tertiary/aromatic N) is 2. The van der Waals surface area contributed by atoms with Gasteiger partial charge in [-0.1, -0.05) is 0 Å². The molecule has 1 saturated heterocycles. The molecular weight excluding hydrogens is 398 g/mol. The molecule has 30 heavy (non-hydrogen) atoms. The molecule has 8 heteroatoms. The van der Waals surface area contributed by atoms with Crippen LogP contribution in [0.2, 0.25) is 0 Å². The molecule has 0 saturated carbocycles. The van der Waals surface area contributed by atoms with Gasteiger partial charge in [-0.25, -0.2) is 9.97 Å². The second-order valence-corrected chi connectivity index (χ2v) is 9.01. The van der Waals surface area contributed by atoms with Crippen molar-refractivity contribution in [2.24, 2.45) is 0 Å². The number of thiophene rings is 1. The van der Waals surface area contributed by atoms with Crippen LogP contribution in [0.25, 0.3) is 10.2 Å². The van der Waals surface area contributed by atoms with Crippen LogP contribution in [-0.4, -0.2) is 36.1 Å². The fourth-order valence-electron chi connectivity index (χ4n) is 3.95. The van der Waals surface area contributed by atoms with E-state index >= 15 is 0 Å². The van der Waals surface area contributed by atoms with Crippen molar-refractivity contribution in [3.05, 3.63) is 34.5 Å². The summed E-state index contributed by atoms with van der Waals surface area (Å²) < 4.78 is 5.54. The molecule has 2 aromatic heterocycles. The minimum absolute atomic E-state index is 0.115. The van der Waals surface area contributed by atoms with E-state index in [4.69, 9.17) is 14.7 Å². The Balaban J connectivity index is 1.76. The van der Waals surface area contributed by atoms with Gasteiger partial charge >= 0.3 is 0 Å². The summed E-state index contributed by atoms with van der Waals surface area (Å²) in [6.07, 6.45) is 2.54. The molecule has 1 aliphatic heterocycles. The van der Waals surface area contributed by atoms with Crippen LogP contribution in [0.5, 0.6) is 5.75 Å². The van der Waals surface area contributed by atoms with Gasteiger partial charge in [-0.15, -0.1) is 11.3 Å². The van der Waals surface area contributed by atoms with Gasteiger partial charge in [-0.2, -0.15) is 0 Å². The summed E-state index contributed by atoms with van der Waals surface area (Å²) >= 11 is 1.71. The van der Waals surface area contributed by atoms with Gasteiger partial charge in [0.15, 0.2) is 5.82 Å². The van der Waals surface area contributed by atoms with Crippen LogP contribution >= 0.6 is 11.3 Å². The molecule has 3 aromatic rings. The van der Waals surface area contributed by atoms with E-state index in [1.54, 1.807) is 18.4 Å². The number of fused-ring (bicyclic) bond motifs is 1. The Kier molecular flexibility index (Phi) is 5.87. The van der Waals surface area contributed by atoms with Crippen molar-refractivity contribution in [3.8, 4) is 5.75 Å². The number of ether oxygens (including phenoxy) is 1. The fourth-order valence-corrected chi connectivity index (χ4v) is 5.00. The minimum Gasteiger partial charge on any atom is -0.495 e. The number of benzene rings is 1. The second-order valence-electron chi connectivity index (χ2n) is 7.81. The Morgan fingerprint density at radius 3 is 2.70 bits per heavy atom. The van der Waals surface area contributed by atoms with Gasteiger partial charge in [0.1, 0.15) is 22.9 Å². The summed E-state index contributed by atoms with van der Waals surface area (Å²) in [5.74, 6) is 2.22. The quantitative estimate of drug-likeness (QED) is 0.564. The number of likely N-dealkylation sites (tertiary alicyclic amines) is 1. The van der Waals surface area contributed by atoms with Crippen molar-refractivity contribution in [2.45, 2.75) is 40.2 Å². The number of anilines is 3. The summed E-state index contributed by atoms with van der Waals surface area (Å²) in [6, 6.07) is 5.53. The van der Waals surface area contributed by atoms with Crippen LogP contribution in [-0.2, 0) is 11.3 Å². The zero-order chi connectivity index (χ0) is 21.3. The number of methoxy groups -OCH3 is 1. The molecule has 0 radical (unpaired) electrons. The number of carbonyl (C=O) groups excluding carboxylic acids is 1. The number of carbonyl (C=O) groups is 1. The Morgan fingerprint density at radius 2 is 2.00 bits per heavy atom. The Hall–Kier alpha value is -2.71. The highest BCUT2D eigenvalue weighted by molar-refractivity contribution is 7.18. The van der Waals surface area contributed by atoms with E-state index in [9.17, 15) is 4.79 Å². The summed E-state index contributed by atoms with van der Waals surface area (Å²) in [5.41, 5.74) is 2.65. The average molecular weight is 427 g/mol. The van der Waals surface area contributed by atoms with Gasteiger partial charge in [0.05, 0.1) is 31.3 Å². The normalized spacial score (nSPS) is 14.3. The first-order valence-electron chi connectivity index (χ1n) is 10.3. The van der Waals surface area contributed by atoms with Crippen molar-refractivity contribution >= 4 is 44.7 Å². The summed E-state index contributed by atoms with van der Waals surface area (Å²) in [4.78, 5) is 25.1. The molecule has 4 rings (SSSR count). The summed E-state index contributed by atoms with van der Waals surface area (Å²) in [7, 11) is 1.64. The lowest BCUT2D eigenvalue weighted by molar-refractivity contribution is -0.902. The topological polar surface area (TPSA) is 80.6 Å². The zero-order valence-electron chi connectivity index (χ0n) is 17.9. The van der Waals surface area contributed by atoms with Gasteiger partial charge in [-0.3, -0.25) is 4.79 Å². The molecule has 3 heterocycles. The van der Waals surface area contributed by atoms with Crippen molar-refractivity contribution in [1.29, 1.82) is 0 Å². The number of amides is 1. The predicted octanol–water partition coefficient (Wildman–Crippen LogP) is 3.20. The molecule has 1 aromatic carbocycles. The number of aryl methyl sites for hydroxylation is 2. The lowest BCUT2D eigenvalue weighted by Gasteiger charge is -2.15. The molecule has 0 spiro atoms. The lowest BCUT2D eigenvalue weighted by atomic mass is 10.2. The molecule has 1 aliphatic rings.